The van der Waals surface area contributed by atoms with Crippen LogP contribution in [0.1, 0.15) is 27.2 Å². The van der Waals surface area contributed by atoms with Crippen LogP contribution in [0.4, 0.5) is 4.79 Å². The first-order valence-corrected chi connectivity index (χ1v) is 6.55. The van der Waals surface area contributed by atoms with E-state index < -0.39 is 12.1 Å². The van der Waals surface area contributed by atoms with Crippen LogP contribution in [0.25, 0.3) is 0 Å². The van der Waals surface area contributed by atoms with Crippen molar-refractivity contribution < 1.29 is 19.1 Å². The molecule has 0 aliphatic heterocycles. The molecule has 1 atom stereocenters. The monoisotopic (exact) mass is 279 g/mol. The zero-order valence-corrected chi connectivity index (χ0v) is 12.2. The average molecular weight is 279 g/mol. The molecule has 1 aliphatic carbocycles. The fourth-order valence-corrected chi connectivity index (χ4v) is 1.57. The second kappa shape index (κ2) is 7.53. The summed E-state index contributed by atoms with van der Waals surface area (Å²) in [4.78, 5) is 22.6. The molecule has 1 unspecified atom stereocenters. The fourth-order valence-electron chi connectivity index (χ4n) is 1.57. The summed E-state index contributed by atoms with van der Waals surface area (Å²) in [7, 11) is 0. The van der Waals surface area contributed by atoms with Gasteiger partial charge in [0, 0.05) is 12.0 Å². The lowest BCUT2D eigenvalue weighted by Crippen LogP contribution is -2.29. The predicted octanol–water partition coefficient (Wildman–Crippen LogP) is 2.70. The molecule has 0 radical (unpaired) electrons. The fraction of sp³-hybridized carbons (Fsp3) is 0.467. The van der Waals surface area contributed by atoms with Gasteiger partial charge in [0.25, 0.3) is 0 Å². The smallest absolute Gasteiger partial charge is 0.412 e. The summed E-state index contributed by atoms with van der Waals surface area (Å²) in [5.74, 6) is 0.545. The van der Waals surface area contributed by atoms with Crippen molar-refractivity contribution in [2.45, 2.75) is 27.2 Å². The van der Waals surface area contributed by atoms with Crippen molar-refractivity contribution >= 4 is 12.1 Å². The number of carbonyl (C=O) groups is 2. The van der Waals surface area contributed by atoms with Crippen LogP contribution < -0.4 is 5.32 Å². The van der Waals surface area contributed by atoms with Crippen molar-refractivity contribution in [3.63, 3.8) is 0 Å². The van der Waals surface area contributed by atoms with Crippen molar-refractivity contribution in [1.82, 2.24) is 5.32 Å². The molecule has 110 valence electrons. The van der Waals surface area contributed by atoms with Crippen LogP contribution >= 0.6 is 0 Å². The van der Waals surface area contributed by atoms with E-state index in [-0.39, 0.29) is 13.2 Å². The highest BCUT2D eigenvalue weighted by atomic mass is 16.6. The van der Waals surface area contributed by atoms with Gasteiger partial charge in [0.2, 0.25) is 0 Å². The Kier molecular flexibility index (Phi) is 6.03. The van der Waals surface area contributed by atoms with Gasteiger partial charge in [-0.1, -0.05) is 25.2 Å². The lowest BCUT2D eigenvalue weighted by atomic mass is 9.94. The van der Waals surface area contributed by atoms with Gasteiger partial charge in [-0.25, -0.2) is 9.59 Å². The zero-order chi connectivity index (χ0) is 15.1. The molecule has 0 heterocycles. The van der Waals surface area contributed by atoms with Gasteiger partial charge in [-0.05, 0) is 25.8 Å². The number of ether oxygens (including phenoxy) is 2. The molecule has 5 nitrogen and oxygen atoms in total. The Bertz CT molecular complexity index is 462. The van der Waals surface area contributed by atoms with E-state index >= 15 is 0 Å². The van der Waals surface area contributed by atoms with Crippen LogP contribution in [-0.4, -0.2) is 25.2 Å². The number of nitrogens with one attached hydrogen (secondary N) is 1. The molecular weight excluding hydrogens is 258 g/mol. The number of carbonyl (C=O) groups excluding carboxylic acids is 2. The molecule has 20 heavy (non-hydrogen) atoms. The van der Waals surface area contributed by atoms with E-state index in [0.717, 1.165) is 0 Å². The molecular formula is C15H21NO4. The highest BCUT2D eigenvalue weighted by Crippen LogP contribution is 2.24. The van der Waals surface area contributed by atoms with E-state index in [4.69, 9.17) is 9.47 Å². The number of amides is 1. The molecule has 0 aromatic heterocycles. The van der Waals surface area contributed by atoms with E-state index in [1.54, 1.807) is 13.0 Å². The largest absolute Gasteiger partial charge is 0.460 e. The Morgan fingerprint density at radius 1 is 1.45 bits per heavy atom. The minimum atomic E-state index is -0.539. The number of hydrogen-bond acceptors (Lipinski definition) is 4. The molecule has 0 spiro atoms. The van der Waals surface area contributed by atoms with Gasteiger partial charge >= 0.3 is 12.1 Å². The SMILES string of the molecule is C=C(C)C(=O)OCCNC(=O)OC1=CC=C(C)C(C)C1. The van der Waals surface area contributed by atoms with Crippen LogP contribution in [0.15, 0.2) is 35.6 Å². The summed E-state index contributed by atoms with van der Waals surface area (Å²) < 4.78 is 10.0. The summed E-state index contributed by atoms with van der Waals surface area (Å²) in [5.41, 5.74) is 1.60. The third-order valence-corrected chi connectivity index (χ3v) is 2.99. The number of alkyl carbamates (subject to hydrolysis) is 1. The first kappa shape index (κ1) is 16.0. The summed E-state index contributed by atoms with van der Waals surface area (Å²) in [6.07, 6.45) is 3.92. The van der Waals surface area contributed by atoms with Crippen LogP contribution in [-0.2, 0) is 14.3 Å². The van der Waals surface area contributed by atoms with Gasteiger partial charge in [0.15, 0.2) is 0 Å². The van der Waals surface area contributed by atoms with Crippen molar-refractivity contribution in [2.75, 3.05) is 13.2 Å². The first-order chi connectivity index (χ1) is 9.40. The molecule has 0 bridgehead atoms. The zero-order valence-electron chi connectivity index (χ0n) is 12.2. The maximum Gasteiger partial charge on any atom is 0.412 e. The van der Waals surface area contributed by atoms with Crippen molar-refractivity contribution in [1.29, 1.82) is 0 Å². The Morgan fingerprint density at radius 2 is 2.15 bits per heavy atom. The molecule has 1 amide bonds. The van der Waals surface area contributed by atoms with Gasteiger partial charge in [0.05, 0.1) is 6.54 Å². The molecule has 0 saturated heterocycles. The Labute approximate surface area is 119 Å². The van der Waals surface area contributed by atoms with Crippen LogP contribution in [0, 0.1) is 5.92 Å². The predicted molar refractivity (Wildman–Crippen MR) is 75.9 cm³/mol. The molecule has 0 aromatic rings. The molecule has 5 heteroatoms. The van der Waals surface area contributed by atoms with Crippen LogP contribution in [0.2, 0.25) is 0 Å². The molecule has 1 rings (SSSR count). The number of esters is 1. The number of rotatable bonds is 5. The van der Waals surface area contributed by atoms with E-state index in [9.17, 15) is 9.59 Å². The van der Waals surface area contributed by atoms with Gasteiger partial charge in [-0.2, -0.15) is 0 Å². The summed E-state index contributed by atoms with van der Waals surface area (Å²) in [5, 5.41) is 2.52. The highest BCUT2D eigenvalue weighted by molar-refractivity contribution is 5.86. The number of allylic oxidation sites excluding steroid dienone is 4. The Balaban J connectivity index is 2.25. The van der Waals surface area contributed by atoms with Gasteiger partial charge in [0.1, 0.15) is 12.4 Å². The third-order valence-electron chi connectivity index (χ3n) is 2.99. The highest BCUT2D eigenvalue weighted by Gasteiger charge is 2.15. The normalized spacial score (nSPS) is 17.6. The van der Waals surface area contributed by atoms with Crippen molar-refractivity contribution in [3.8, 4) is 0 Å². The van der Waals surface area contributed by atoms with E-state index in [1.807, 2.05) is 13.0 Å². The van der Waals surface area contributed by atoms with E-state index in [1.165, 1.54) is 5.57 Å². The summed E-state index contributed by atoms with van der Waals surface area (Å²) in [6.45, 7) is 9.45. The molecule has 0 aromatic carbocycles. The van der Waals surface area contributed by atoms with Crippen LogP contribution in [0.5, 0.6) is 0 Å². The molecule has 0 saturated carbocycles. The summed E-state index contributed by atoms with van der Waals surface area (Å²) in [6, 6.07) is 0. The average Bonchev–Trinajstić information content (AvgIpc) is 2.38. The van der Waals surface area contributed by atoms with Gasteiger partial charge in [-0.15, -0.1) is 0 Å². The Hall–Kier alpha value is -2.04. The number of hydrogen-bond donors (Lipinski definition) is 1. The molecule has 0 fully saturated rings. The Morgan fingerprint density at radius 3 is 2.75 bits per heavy atom. The van der Waals surface area contributed by atoms with E-state index in [2.05, 4.69) is 18.8 Å². The lowest BCUT2D eigenvalue weighted by molar-refractivity contribution is -0.138. The maximum atomic E-state index is 11.5. The van der Waals surface area contributed by atoms with Gasteiger partial charge < -0.3 is 14.8 Å². The molecule has 1 aliphatic rings. The maximum absolute atomic E-state index is 11.5. The minimum Gasteiger partial charge on any atom is -0.460 e. The van der Waals surface area contributed by atoms with Crippen molar-refractivity contribution in [2.24, 2.45) is 5.92 Å². The summed E-state index contributed by atoms with van der Waals surface area (Å²) >= 11 is 0. The second-order valence-corrected chi connectivity index (χ2v) is 4.88. The minimum absolute atomic E-state index is 0.0925. The molecule has 1 N–H and O–H groups in total. The van der Waals surface area contributed by atoms with E-state index in [0.29, 0.717) is 23.7 Å². The van der Waals surface area contributed by atoms with Gasteiger partial charge in [-0.3, -0.25) is 0 Å². The topological polar surface area (TPSA) is 64.6 Å². The van der Waals surface area contributed by atoms with Crippen LogP contribution in [0.3, 0.4) is 0 Å². The quantitative estimate of drug-likeness (QED) is 0.477. The van der Waals surface area contributed by atoms with Crippen molar-refractivity contribution in [3.05, 3.63) is 35.6 Å². The second-order valence-electron chi connectivity index (χ2n) is 4.88. The lowest BCUT2D eigenvalue weighted by Gasteiger charge is -2.18. The first-order valence-electron chi connectivity index (χ1n) is 6.55. The third kappa shape index (κ3) is 5.30. The standard InChI is InChI=1S/C15H21NO4/c1-10(2)14(17)19-8-7-16-15(18)20-13-6-5-11(3)12(4)9-13/h5-6,12H,1,7-9H2,2-4H3,(H,16,18).